The molecule has 0 aliphatic rings. The molecule has 2 rings (SSSR count). The lowest BCUT2D eigenvalue weighted by molar-refractivity contribution is -0.121. The number of furan rings is 1. The molecule has 0 radical (unpaired) electrons. The number of carbonyl (C=O) groups excluding carboxylic acids is 1. The number of hydrogen-bond donors (Lipinski definition) is 0. The van der Waals surface area contributed by atoms with Crippen LogP contribution in [0.2, 0.25) is 0 Å². The summed E-state index contributed by atoms with van der Waals surface area (Å²) in [4.78, 5) is 14.2. The van der Waals surface area contributed by atoms with Crippen molar-refractivity contribution in [3.63, 3.8) is 0 Å². The predicted octanol–water partition coefficient (Wildman–Crippen LogP) is 2.19. The van der Waals surface area contributed by atoms with E-state index in [1.54, 1.807) is 18.3 Å². The second-order valence-electron chi connectivity index (χ2n) is 3.02. The SMILES string of the molecule is Cc1cc(-c2ccc(OC=O)o2)ccn1. The number of rotatable bonds is 3. The molecule has 0 unspecified atom stereocenters. The van der Waals surface area contributed by atoms with Crippen molar-refractivity contribution in [1.29, 1.82) is 0 Å². The normalized spacial score (nSPS) is 9.93. The molecule has 76 valence electrons. The minimum Gasteiger partial charge on any atom is -0.425 e. The predicted molar refractivity (Wildman–Crippen MR) is 53.4 cm³/mol. The average molecular weight is 203 g/mol. The number of nitrogens with zero attached hydrogens (tertiary/aromatic N) is 1. The third kappa shape index (κ3) is 2.04. The van der Waals surface area contributed by atoms with Crippen LogP contribution in [-0.2, 0) is 4.79 Å². The summed E-state index contributed by atoms with van der Waals surface area (Å²) in [6.07, 6.45) is 1.70. The molecule has 0 aliphatic carbocycles. The monoisotopic (exact) mass is 203 g/mol. The summed E-state index contributed by atoms with van der Waals surface area (Å²) in [6.45, 7) is 2.23. The van der Waals surface area contributed by atoms with Gasteiger partial charge in [-0.2, -0.15) is 0 Å². The maximum absolute atomic E-state index is 10.1. The molecular formula is C11H9NO3. The van der Waals surface area contributed by atoms with Crippen LogP contribution in [0.1, 0.15) is 5.69 Å². The highest BCUT2D eigenvalue weighted by Crippen LogP contribution is 2.25. The van der Waals surface area contributed by atoms with E-state index >= 15 is 0 Å². The Morgan fingerprint density at radius 3 is 3.00 bits per heavy atom. The zero-order valence-corrected chi connectivity index (χ0v) is 8.14. The van der Waals surface area contributed by atoms with Crippen molar-refractivity contribution in [2.24, 2.45) is 0 Å². The van der Waals surface area contributed by atoms with E-state index < -0.39 is 0 Å². The van der Waals surface area contributed by atoms with Gasteiger partial charge in [-0.25, -0.2) is 0 Å². The lowest BCUT2D eigenvalue weighted by Gasteiger charge is -1.97. The second-order valence-corrected chi connectivity index (χ2v) is 3.02. The van der Waals surface area contributed by atoms with E-state index in [4.69, 9.17) is 4.42 Å². The molecule has 2 aromatic rings. The van der Waals surface area contributed by atoms with E-state index in [0.717, 1.165) is 11.3 Å². The Kier molecular flexibility index (Phi) is 2.49. The van der Waals surface area contributed by atoms with Crippen LogP contribution in [0.5, 0.6) is 5.95 Å². The Morgan fingerprint density at radius 2 is 2.27 bits per heavy atom. The van der Waals surface area contributed by atoms with Gasteiger partial charge in [0, 0.05) is 23.5 Å². The van der Waals surface area contributed by atoms with Gasteiger partial charge < -0.3 is 9.15 Å². The van der Waals surface area contributed by atoms with E-state index in [0.29, 0.717) is 12.2 Å². The fourth-order valence-corrected chi connectivity index (χ4v) is 1.28. The first-order chi connectivity index (χ1) is 7.29. The van der Waals surface area contributed by atoms with Crippen molar-refractivity contribution >= 4 is 6.47 Å². The van der Waals surface area contributed by atoms with Gasteiger partial charge in [-0.1, -0.05) is 0 Å². The summed E-state index contributed by atoms with van der Waals surface area (Å²) in [5.41, 5.74) is 1.81. The van der Waals surface area contributed by atoms with Crippen LogP contribution in [0.3, 0.4) is 0 Å². The Hall–Kier alpha value is -2.10. The van der Waals surface area contributed by atoms with Gasteiger partial charge in [0.25, 0.3) is 5.95 Å². The van der Waals surface area contributed by atoms with Gasteiger partial charge in [0.15, 0.2) is 0 Å². The van der Waals surface area contributed by atoms with Crippen molar-refractivity contribution in [3.8, 4) is 17.3 Å². The molecule has 0 saturated heterocycles. The smallest absolute Gasteiger partial charge is 0.300 e. The summed E-state index contributed by atoms with van der Waals surface area (Å²) in [5.74, 6) is 0.840. The molecule has 0 saturated carbocycles. The Balaban J connectivity index is 2.32. The van der Waals surface area contributed by atoms with Crippen molar-refractivity contribution < 1.29 is 13.9 Å². The van der Waals surface area contributed by atoms with Gasteiger partial charge in [0.1, 0.15) is 5.76 Å². The van der Waals surface area contributed by atoms with Crippen molar-refractivity contribution in [2.45, 2.75) is 6.92 Å². The molecule has 0 N–H and O–H groups in total. The van der Waals surface area contributed by atoms with Crippen LogP contribution in [0.25, 0.3) is 11.3 Å². The van der Waals surface area contributed by atoms with Crippen LogP contribution in [0.4, 0.5) is 0 Å². The number of hydrogen-bond acceptors (Lipinski definition) is 4. The number of ether oxygens (including phenoxy) is 1. The molecule has 2 heterocycles. The molecule has 0 spiro atoms. The molecule has 4 heteroatoms. The maximum atomic E-state index is 10.1. The Labute approximate surface area is 86.5 Å². The largest absolute Gasteiger partial charge is 0.425 e. The summed E-state index contributed by atoms with van der Waals surface area (Å²) < 4.78 is 9.86. The van der Waals surface area contributed by atoms with E-state index in [1.165, 1.54) is 0 Å². The summed E-state index contributed by atoms with van der Waals surface area (Å²) >= 11 is 0. The average Bonchev–Trinajstić information content (AvgIpc) is 2.67. The van der Waals surface area contributed by atoms with Gasteiger partial charge in [-0.05, 0) is 25.1 Å². The molecule has 0 amide bonds. The van der Waals surface area contributed by atoms with Crippen molar-refractivity contribution in [1.82, 2.24) is 4.98 Å². The van der Waals surface area contributed by atoms with Crippen molar-refractivity contribution in [3.05, 3.63) is 36.2 Å². The summed E-state index contributed by atoms with van der Waals surface area (Å²) in [6, 6.07) is 7.06. The van der Waals surface area contributed by atoms with Gasteiger partial charge in [-0.15, -0.1) is 0 Å². The minimum absolute atomic E-state index is 0.189. The fourth-order valence-electron chi connectivity index (χ4n) is 1.28. The van der Waals surface area contributed by atoms with E-state index in [2.05, 4.69) is 9.72 Å². The first-order valence-corrected chi connectivity index (χ1v) is 4.43. The van der Waals surface area contributed by atoms with Gasteiger partial charge in [0.05, 0.1) is 0 Å². The van der Waals surface area contributed by atoms with Crippen molar-refractivity contribution in [2.75, 3.05) is 0 Å². The highest BCUT2D eigenvalue weighted by Gasteiger charge is 2.05. The van der Waals surface area contributed by atoms with Crippen LogP contribution in [-0.4, -0.2) is 11.5 Å². The Morgan fingerprint density at radius 1 is 1.40 bits per heavy atom. The quantitative estimate of drug-likeness (QED) is 0.717. The number of aromatic nitrogens is 1. The number of pyridine rings is 1. The molecule has 4 nitrogen and oxygen atoms in total. The molecule has 2 aromatic heterocycles. The minimum atomic E-state index is 0.189. The third-order valence-corrected chi connectivity index (χ3v) is 1.93. The highest BCUT2D eigenvalue weighted by atomic mass is 16.6. The molecule has 0 aliphatic heterocycles. The molecular weight excluding hydrogens is 194 g/mol. The van der Waals surface area contributed by atoms with Crippen LogP contribution in [0, 0.1) is 6.92 Å². The molecule has 0 fully saturated rings. The standard InChI is InChI=1S/C11H9NO3/c1-8-6-9(4-5-12-8)10-2-3-11(15-10)14-7-13/h2-7H,1H3. The van der Waals surface area contributed by atoms with E-state index in [1.807, 2.05) is 19.1 Å². The lowest BCUT2D eigenvalue weighted by Crippen LogP contribution is -1.84. The highest BCUT2D eigenvalue weighted by molar-refractivity contribution is 5.58. The number of aryl methyl sites for hydroxylation is 1. The van der Waals surface area contributed by atoms with Gasteiger partial charge in [0.2, 0.25) is 0 Å². The third-order valence-electron chi connectivity index (χ3n) is 1.93. The first kappa shape index (κ1) is 9.45. The first-order valence-electron chi connectivity index (χ1n) is 4.43. The zero-order chi connectivity index (χ0) is 10.7. The van der Waals surface area contributed by atoms with E-state index in [-0.39, 0.29) is 5.95 Å². The Bertz CT molecular complexity index is 476. The second kappa shape index (κ2) is 3.96. The van der Waals surface area contributed by atoms with E-state index in [9.17, 15) is 4.79 Å². The fraction of sp³-hybridized carbons (Fsp3) is 0.0909. The van der Waals surface area contributed by atoms with Gasteiger partial charge >= 0.3 is 6.47 Å². The zero-order valence-electron chi connectivity index (χ0n) is 8.14. The van der Waals surface area contributed by atoms with Gasteiger partial charge in [-0.3, -0.25) is 9.78 Å². The summed E-state index contributed by atoms with van der Waals surface area (Å²) in [5, 5.41) is 0. The topological polar surface area (TPSA) is 52.3 Å². The molecule has 0 bridgehead atoms. The molecule has 15 heavy (non-hydrogen) atoms. The van der Waals surface area contributed by atoms with Crippen LogP contribution in [0.15, 0.2) is 34.9 Å². The number of carbonyl (C=O) groups is 1. The lowest BCUT2D eigenvalue weighted by atomic mass is 10.2. The molecule has 0 atom stereocenters. The molecule has 0 aromatic carbocycles. The van der Waals surface area contributed by atoms with Crippen LogP contribution < -0.4 is 4.74 Å². The maximum Gasteiger partial charge on any atom is 0.300 e. The van der Waals surface area contributed by atoms with Crippen LogP contribution >= 0.6 is 0 Å². The summed E-state index contributed by atoms with van der Waals surface area (Å²) in [7, 11) is 0.